The molecule has 0 fully saturated rings. The fourth-order valence-electron chi connectivity index (χ4n) is 1.40. The summed E-state index contributed by atoms with van der Waals surface area (Å²) in [6, 6.07) is 7.57. The number of nitrogens with one attached hydrogen (secondary N) is 1. The van der Waals surface area contributed by atoms with Gasteiger partial charge in [0.25, 0.3) is 0 Å². The molecule has 0 aliphatic rings. The van der Waals surface area contributed by atoms with Crippen LogP contribution in [0, 0.1) is 6.92 Å². The summed E-state index contributed by atoms with van der Waals surface area (Å²) in [6.07, 6.45) is -4.84. The zero-order valence-electron chi connectivity index (χ0n) is 11.1. The number of benzene rings is 1. The van der Waals surface area contributed by atoms with Gasteiger partial charge in [-0.1, -0.05) is 17.7 Å². The summed E-state index contributed by atoms with van der Waals surface area (Å²) in [5.41, 5.74) is -1.82. The predicted octanol–water partition coefficient (Wildman–Crippen LogP) is 3.08. The maximum absolute atomic E-state index is 12.7. The second kappa shape index (κ2) is 6.49. The van der Waals surface area contributed by atoms with E-state index in [1.807, 2.05) is 31.2 Å². The topological polar surface area (TPSA) is 49.3 Å². The molecule has 3 nitrogen and oxygen atoms in total. The van der Waals surface area contributed by atoms with E-state index in [0.717, 1.165) is 10.5 Å². The average Bonchev–Trinajstić information content (AvgIpc) is 2.34. The number of carboxylic acid groups (broad SMARTS) is 1. The van der Waals surface area contributed by atoms with Crippen LogP contribution in [0.4, 0.5) is 13.2 Å². The largest absolute Gasteiger partial charge is 0.480 e. The summed E-state index contributed by atoms with van der Waals surface area (Å²) in [5.74, 6) is -1.58. The lowest BCUT2D eigenvalue weighted by Crippen LogP contribution is -2.60. The highest BCUT2D eigenvalue weighted by atomic mass is 32.2. The number of halogens is 3. The van der Waals surface area contributed by atoms with E-state index in [2.05, 4.69) is 5.32 Å². The Kier molecular flexibility index (Phi) is 5.47. The molecule has 0 spiro atoms. The van der Waals surface area contributed by atoms with E-state index in [1.54, 1.807) is 0 Å². The van der Waals surface area contributed by atoms with Gasteiger partial charge < -0.3 is 5.11 Å². The van der Waals surface area contributed by atoms with E-state index in [0.29, 0.717) is 12.7 Å². The molecule has 0 saturated carbocycles. The first-order valence-corrected chi connectivity index (χ1v) is 6.90. The summed E-state index contributed by atoms with van der Waals surface area (Å²) in [7, 11) is 0. The number of alkyl halides is 3. The van der Waals surface area contributed by atoms with Crippen LogP contribution in [0.5, 0.6) is 0 Å². The maximum atomic E-state index is 12.7. The normalized spacial score (nSPS) is 14.8. The number of carbonyl (C=O) groups is 1. The second-order valence-corrected chi connectivity index (χ2v) is 5.68. The molecule has 0 aliphatic heterocycles. The Hall–Kier alpha value is -1.21. The van der Waals surface area contributed by atoms with Crippen LogP contribution >= 0.6 is 11.8 Å². The van der Waals surface area contributed by atoms with Crippen LogP contribution in [0.2, 0.25) is 0 Å². The SMILES string of the molecule is Cc1ccc(SCCNC(C)(C(=O)O)C(F)(F)F)cc1. The Morgan fingerprint density at radius 1 is 1.30 bits per heavy atom. The van der Waals surface area contributed by atoms with Gasteiger partial charge in [-0.05, 0) is 26.0 Å². The molecule has 0 aromatic heterocycles. The molecule has 20 heavy (non-hydrogen) atoms. The van der Waals surface area contributed by atoms with E-state index < -0.39 is 17.7 Å². The summed E-state index contributed by atoms with van der Waals surface area (Å²) in [6.45, 7) is 2.52. The molecule has 0 heterocycles. The summed E-state index contributed by atoms with van der Waals surface area (Å²) in [4.78, 5) is 11.7. The zero-order chi connectivity index (χ0) is 15.4. The Balaban J connectivity index is 2.50. The van der Waals surface area contributed by atoms with Crippen molar-refractivity contribution in [2.24, 2.45) is 0 Å². The van der Waals surface area contributed by atoms with Gasteiger partial charge in [0.1, 0.15) is 0 Å². The highest BCUT2D eigenvalue weighted by molar-refractivity contribution is 7.99. The third-order valence-electron chi connectivity index (χ3n) is 2.87. The van der Waals surface area contributed by atoms with Crippen LogP contribution in [0.3, 0.4) is 0 Å². The minimum Gasteiger partial charge on any atom is -0.480 e. The van der Waals surface area contributed by atoms with Gasteiger partial charge in [0.2, 0.25) is 5.54 Å². The van der Waals surface area contributed by atoms with Crippen molar-refractivity contribution < 1.29 is 23.1 Å². The van der Waals surface area contributed by atoms with Crippen LogP contribution in [0.1, 0.15) is 12.5 Å². The summed E-state index contributed by atoms with van der Waals surface area (Å²) >= 11 is 1.37. The Morgan fingerprint density at radius 3 is 2.30 bits per heavy atom. The van der Waals surface area contributed by atoms with Gasteiger partial charge in [0, 0.05) is 17.2 Å². The predicted molar refractivity (Wildman–Crippen MR) is 72.0 cm³/mol. The number of hydrogen-bond donors (Lipinski definition) is 2. The monoisotopic (exact) mass is 307 g/mol. The molecule has 1 aromatic rings. The first-order valence-electron chi connectivity index (χ1n) is 5.91. The van der Waals surface area contributed by atoms with Crippen molar-refractivity contribution in [3.05, 3.63) is 29.8 Å². The molecule has 1 aromatic carbocycles. The van der Waals surface area contributed by atoms with Crippen LogP contribution in [-0.2, 0) is 4.79 Å². The highest BCUT2D eigenvalue weighted by Gasteiger charge is 2.56. The lowest BCUT2D eigenvalue weighted by Gasteiger charge is -2.28. The van der Waals surface area contributed by atoms with Crippen molar-refractivity contribution in [2.45, 2.75) is 30.5 Å². The van der Waals surface area contributed by atoms with Gasteiger partial charge in [0.15, 0.2) is 0 Å². The molecule has 112 valence electrons. The van der Waals surface area contributed by atoms with Gasteiger partial charge in [-0.3, -0.25) is 5.32 Å². The van der Waals surface area contributed by atoms with Crippen LogP contribution in [0.25, 0.3) is 0 Å². The van der Waals surface area contributed by atoms with Crippen molar-refractivity contribution in [2.75, 3.05) is 12.3 Å². The van der Waals surface area contributed by atoms with Crippen molar-refractivity contribution in [1.29, 1.82) is 0 Å². The summed E-state index contributed by atoms with van der Waals surface area (Å²) < 4.78 is 38.1. The maximum Gasteiger partial charge on any atom is 0.417 e. The molecule has 0 aliphatic carbocycles. The molecule has 0 saturated heterocycles. The smallest absolute Gasteiger partial charge is 0.417 e. The molecular formula is C13H16F3NO2S. The van der Waals surface area contributed by atoms with E-state index in [9.17, 15) is 18.0 Å². The van der Waals surface area contributed by atoms with Gasteiger partial charge in [0.05, 0.1) is 0 Å². The fourth-order valence-corrected chi connectivity index (χ4v) is 2.17. The molecule has 7 heteroatoms. The average molecular weight is 307 g/mol. The van der Waals surface area contributed by atoms with Gasteiger partial charge >= 0.3 is 12.1 Å². The Morgan fingerprint density at radius 2 is 1.85 bits per heavy atom. The van der Waals surface area contributed by atoms with Crippen LogP contribution in [0.15, 0.2) is 29.2 Å². The highest BCUT2D eigenvalue weighted by Crippen LogP contribution is 2.30. The number of rotatable bonds is 6. The van der Waals surface area contributed by atoms with E-state index >= 15 is 0 Å². The molecular weight excluding hydrogens is 291 g/mol. The first kappa shape index (κ1) is 16.8. The molecule has 0 amide bonds. The number of thioether (sulfide) groups is 1. The van der Waals surface area contributed by atoms with Crippen molar-refractivity contribution in [3.63, 3.8) is 0 Å². The number of aliphatic carboxylic acids is 1. The standard InChI is InChI=1S/C13H16F3NO2S/c1-9-3-5-10(6-4-9)20-8-7-17-12(2,11(18)19)13(14,15)16/h3-6,17H,7-8H2,1-2H3,(H,18,19). The van der Waals surface area contributed by atoms with Crippen LogP contribution in [-0.4, -0.2) is 35.1 Å². The third kappa shape index (κ3) is 4.14. The van der Waals surface area contributed by atoms with Crippen LogP contribution < -0.4 is 5.32 Å². The fraction of sp³-hybridized carbons (Fsp3) is 0.462. The van der Waals surface area contributed by atoms with Gasteiger partial charge in [-0.25, -0.2) is 4.79 Å². The molecule has 1 atom stereocenters. The zero-order valence-corrected chi connectivity index (χ0v) is 11.9. The molecule has 0 radical (unpaired) electrons. The Bertz CT molecular complexity index is 462. The van der Waals surface area contributed by atoms with Crippen molar-refractivity contribution in [3.8, 4) is 0 Å². The molecule has 0 bridgehead atoms. The van der Waals surface area contributed by atoms with Gasteiger partial charge in [-0.2, -0.15) is 13.2 Å². The van der Waals surface area contributed by atoms with E-state index in [1.165, 1.54) is 11.8 Å². The molecule has 1 unspecified atom stereocenters. The second-order valence-electron chi connectivity index (χ2n) is 4.52. The Labute approximate surface area is 119 Å². The first-order chi connectivity index (χ1) is 9.17. The molecule has 2 N–H and O–H groups in total. The number of carboxylic acids is 1. The molecule has 1 rings (SSSR count). The van der Waals surface area contributed by atoms with Crippen molar-refractivity contribution in [1.82, 2.24) is 5.32 Å². The van der Waals surface area contributed by atoms with Gasteiger partial charge in [-0.15, -0.1) is 11.8 Å². The quantitative estimate of drug-likeness (QED) is 0.626. The third-order valence-corrected chi connectivity index (χ3v) is 3.88. The summed E-state index contributed by atoms with van der Waals surface area (Å²) in [5, 5.41) is 10.8. The lowest BCUT2D eigenvalue weighted by molar-refractivity contribution is -0.205. The van der Waals surface area contributed by atoms with Crippen molar-refractivity contribution >= 4 is 17.7 Å². The van der Waals surface area contributed by atoms with E-state index in [-0.39, 0.29) is 6.54 Å². The minimum absolute atomic E-state index is 0.0547. The number of aryl methyl sites for hydroxylation is 1. The lowest BCUT2D eigenvalue weighted by atomic mass is 10.0. The number of hydrogen-bond acceptors (Lipinski definition) is 3. The minimum atomic E-state index is -4.84. The van der Waals surface area contributed by atoms with E-state index in [4.69, 9.17) is 5.11 Å².